The quantitative estimate of drug-likeness (QED) is 0.165. The molecule has 1 saturated heterocycles. The van der Waals surface area contributed by atoms with Crippen molar-refractivity contribution < 1.29 is 39.3 Å². The lowest BCUT2D eigenvalue weighted by atomic mass is 10.0. The molecular weight excluding hydrogens is 512 g/mol. The van der Waals surface area contributed by atoms with Crippen LogP contribution in [0.5, 0.6) is 5.75 Å². The number of nitrogens with two attached hydrogens (primary N) is 1. The van der Waals surface area contributed by atoms with Gasteiger partial charge < -0.3 is 41.6 Å². The van der Waals surface area contributed by atoms with Gasteiger partial charge in [-0.1, -0.05) is 12.1 Å². The topological polar surface area (TPSA) is 228 Å². The number of hydrogen-bond acceptors (Lipinski definition) is 8. The zero-order valence-electron chi connectivity index (χ0n) is 21.1. The molecule has 0 aliphatic carbocycles. The fraction of sp³-hybridized carbons (Fsp3) is 0.440. The molecule has 210 valence electrons. The summed E-state index contributed by atoms with van der Waals surface area (Å²) in [6.07, 6.45) is 3.14. The van der Waals surface area contributed by atoms with Crippen LogP contribution in [0.15, 0.2) is 36.8 Å². The first-order valence-corrected chi connectivity index (χ1v) is 12.4. The number of imidazole rings is 1. The van der Waals surface area contributed by atoms with E-state index in [1.54, 1.807) is 12.1 Å². The average molecular weight is 545 g/mol. The van der Waals surface area contributed by atoms with Gasteiger partial charge in [-0.2, -0.15) is 0 Å². The summed E-state index contributed by atoms with van der Waals surface area (Å²) in [6.45, 7) is 0.211. The van der Waals surface area contributed by atoms with Gasteiger partial charge in [0.1, 0.15) is 23.9 Å². The number of hydrogen-bond donors (Lipinski definition) is 7. The number of nitrogens with one attached hydrogen (secondary N) is 3. The highest BCUT2D eigenvalue weighted by Gasteiger charge is 2.39. The van der Waals surface area contributed by atoms with E-state index >= 15 is 0 Å². The first-order chi connectivity index (χ1) is 18.5. The van der Waals surface area contributed by atoms with Crippen molar-refractivity contribution in [2.45, 2.75) is 62.7 Å². The highest BCUT2D eigenvalue weighted by atomic mass is 16.4. The van der Waals surface area contributed by atoms with Crippen LogP contribution in [0.25, 0.3) is 0 Å². The van der Waals surface area contributed by atoms with Crippen molar-refractivity contribution >= 4 is 29.7 Å². The highest BCUT2D eigenvalue weighted by Crippen LogP contribution is 2.21. The predicted molar refractivity (Wildman–Crippen MR) is 135 cm³/mol. The molecule has 14 nitrogen and oxygen atoms in total. The molecule has 0 radical (unpaired) electrons. The Kier molecular flexibility index (Phi) is 9.98. The van der Waals surface area contributed by atoms with E-state index in [2.05, 4.69) is 20.6 Å². The van der Waals surface area contributed by atoms with Crippen molar-refractivity contribution in [2.75, 3.05) is 6.54 Å². The van der Waals surface area contributed by atoms with Crippen LogP contribution in [0.4, 0.5) is 0 Å². The first-order valence-electron chi connectivity index (χ1n) is 12.4. The van der Waals surface area contributed by atoms with E-state index in [9.17, 15) is 34.2 Å². The summed E-state index contributed by atoms with van der Waals surface area (Å²) < 4.78 is 0. The molecule has 4 atom stereocenters. The third-order valence-electron chi connectivity index (χ3n) is 6.43. The van der Waals surface area contributed by atoms with E-state index in [1.807, 2.05) is 0 Å². The van der Waals surface area contributed by atoms with Crippen molar-refractivity contribution in [1.82, 2.24) is 25.5 Å². The Balaban J connectivity index is 1.75. The zero-order chi connectivity index (χ0) is 28.5. The third-order valence-corrected chi connectivity index (χ3v) is 6.43. The number of aromatic nitrogens is 2. The molecule has 0 spiro atoms. The van der Waals surface area contributed by atoms with Gasteiger partial charge in [-0.15, -0.1) is 0 Å². The Bertz CT molecular complexity index is 1170. The Labute approximate surface area is 223 Å². The lowest BCUT2D eigenvalue weighted by molar-refractivity contribution is -0.145. The van der Waals surface area contributed by atoms with Crippen LogP contribution in [0, 0.1) is 0 Å². The number of nitrogens with zero attached hydrogens (tertiary/aromatic N) is 2. The second-order valence-electron chi connectivity index (χ2n) is 9.34. The number of H-pyrrole nitrogens is 1. The predicted octanol–water partition coefficient (Wildman–Crippen LogP) is -0.862. The van der Waals surface area contributed by atoms with Crippen LogP contribution >= 0.6 is 0 Å². The molecule has 0 saturated carbocycles. The van der Waals surface area contributed by atoms with E-state index in [0.717, 1.165) is 0 Å². The SMILES string of the molecule is NC(CCC(=O)O)C(=O)NC(Cc1ccc(O)cc1)C(=O)N1CCCC1C(=O)NC(Cc1cnc[nH]1)C(=O)O. The molecule has 3 rings (SSSR count). The molecule has 14 heteroatoms. The second-order valence-corrected chi connectivity index (χ2v) is 9.34. The molecule has 8 N–H and O–H groups in total. The molecule has 2 aromatic rings. The first kappa shape index (κ1) is 29.1. The van der Waals surface area contributed by atoms with Gasteiger partial charge in [0.05, 0.1) is 12.4 Å². The molecule has 1 aromatic carbocycles. The number of rotatable bonds is 13. The van der Waals surface area contributed by atoms with Crippen LogP contribution in [0.3, 0.4) is 0 Å². The molecule has 39 heavy (non-hydrogen) atoms. The molecule has 1 fully saturated rings. The van der Waals surface area contributed by atoms with Crippen molar-refractivity contribution in [3.63, 3.8) is 0 Å². The summed E-state index contributed by atoms with van der Waals surface area (Å²) in [5.41, 5.74) is 6.95. The van der Waals surface area contributed by atoms with E-state index < -0.39 is 53.8 Å². The number of aromatic amines is 1. The van der Waals surface area contributed by atoms with Crippen molar-refractivity contribution in [3.05, 3.63) is 48.0 Å². The summed E-state index contributed by atoms with van der Waals surface area (Å²) in [5, 5.41) is 33.1. The molecule has 1 aliphatic heterocycles. The number of phenols is 1. The molecule has 2 heterocycles. The van der Waals surface area contributed by atoms with Crippen LogP contribution < -0.4 is 16.4 Å². The maximum Gasteiger partial charge on any atom is 0.326 e. The second kappa shape index (κ2) is 13.4. The standard InChI is InChI=1S/C25H32N6O8/c26-17(7-8-21(33)34)22(35)29-18(10-14-3-5-16(32)6-4-14)24(37)31-9-1-2-20(31)23(36)30-19(25(38)39)11-15-12-27-13-28-15/h3-6,12-13,17-20,32H,1-2,7-11,26H2,(H,27,28)(H,29,35)(H,30,36)(H,33,34)(H,38,39). The number of carboxylic acid groups (broad SMARTS) is 2. The Morgan fingerprint density at radius 2 is 1.79 bits per heavy atom. The van der Waals surface area contributed by atoms with Gasteiger partial charge in [-0.05, 0) is 37.0 Å². The largest absolute Gasteiger partial charge is 0.508 e. The van der Waals surface area contributed by atoms with Gasteiger partial charge in [0.25, 0.3) is 0 Å². The van der Waals surface area contributed by atoms with Crippen LogP contribution in [-0.4, -0.2) is 90.6 Å². The Morgan fingerprint density at radius 1 is 1.08 bits per heavy atom. The number of carbonyl (C=O) groups is 5. The number of carboxylic acids is 2. The van der Waals surface area contributed by atoms with Crippen LogP contribution in [-0.2, 0) is 36.8 Å². The normalized spacial score (nSPS) is 17.2. The van der Waals surface area contributed by atoms with Crippen LogP contribution in [0.1, 0.15) is 36.9 Å². The van der Waals surface area contributed by atoms with Gasteiger partial charge in [0.2, 0.25) is 17.7 Å². The summed E-state index contributed by atoms with van der Waals surface area (Å²) in [5.74, 6) is -4.28. The van der Waals surface area contributed by atoms with Gasteiger partial charge in [0, 0.05) is 37.7 Å². The fourth-order valence-electron chi connectivity index (χ4n) is 4.34. The minimum absolute atomic E-state index is 0.0128. The van der Waals surface area contributed by atoms with E-state index in [0.29, 0.717) is 24.1 Å². The number of phenolic OH excluding ortho intramolecular Hbond substituents is 1. The summed E-state index contributed by atoms with van der Waals surface area (Å²) >= 11 is 0. The summed E-state index contributed by atoms with van der Waals surface area (Å²) in [4.78, 5) is 70.0. The summed E-state index contributed by atoms with van der Waals surface area (Å²) in [7, 11) is 0. The average Bonchev–Trinajstić information content (AvgIpc) is 3.59. The molecule has 3 amide bonds. The van der Waals surface area contributed by atoms with Gasteiger partial charge >= 0.3 is 11.9 Å². The minimum Gasteiger partial charge on any atom is -0.508 e. The molecule has 1 aromatic heterocycles. The van der Waals surface area contributed by atoms with E-state index in [4.69, 9.17) is 10.8 Å². The van der Waals surface area contributed by atoms with E-state index in [1.165, 1.54) is 29.6 Å². The van der Waals surface area contributed by atoms with E-state index in [-0.39, 0.29) is 38.0 Å². The lowest BCUT2D eigenvalue weighted by Crippen LogP contribution is -2.57. The smallest absolute Gasteiger partial charge is 0.326 e. The maximum atomic E-state index is 13.6. The Morgan fingerprint density at radius 3 is 2.41 bits per heavy atom. The van der Waals surface area contributed by atoms with Gasteiger partial charge in [0.15, 0.2) is 0 Å². The number of carbonyl (C=O) groups excluding carboxylic acids is 3. The zero-order valence-corrected chi connectivity index (χ0v) is 21.1. The number of aliphatic carboxylic acids is 2. The number of aromatic hydroxyl groups is 1. The van der Waals surface area contributed by atoms with Gasteiger partial charge in [-0.25, -0.2) is 9.78 Å². The maximum absolute atomic E-state index is 13.6. The van der Waals surface area contributed by atoms with Gasteiger partial charge in [-0.3, -0.25) is 19.2 Å². The lowest BCUT2D eigenvalue weighted by Gasteiger charge is -2.30. The summed E-state index contributed by atoms with van der Waals surface area (Å²) in [6, 6.07) is 1.47. The monoisotopic (exact) mass is 544 g/mol. The van der Waals surface area contributed by atoms with Crippen molar-refractivity contribution in [3.8, 4) is 5.75 Å². The highest BCUT2D eigenvalue weighted by molar-refractivity contribution is 5.94. The molecular formula is C25H32N6O8. The van der Waals surface area contributed by atoms with Crippen molar-refractivity contribution in [1.29, 1.82) is 0 Å². The number of benzene rings is 1. The fourth-order valence-corrected chi connectivity index (χ4v) is 4.34. The number of amides is 3. The number of likely N-dealkylation sites (tertiary alicyclic amines) is 1. The molecule has 1 aliphatic rings. The minimum atomic E-state index is -1.25. The van der Waals surface area contributed by atoms with Crippen LogP contribution in [0.2, 0.25) is 0 Å². The van der Waals surface area contributed by atoms with Crippen molar-refractivity contribution in [2.24, 2.45) is 5.73 Å². The third kappa shape index (κ3) is 8.26. The Hall–Kier alpha value is -4.46. The molecule has 4 unspecified atom stereocenters. The molecule has 0 bridgehead atoms.